The highest BCUT2D eigenvalue weighted by Gasteiger charge is 2.13. The summed E-state index contributed by atoms with van der Waals surface area (Å²) in [5.74, 6) is 0.565. The normalized spacial score (nSPS) is 22.6. The molecule has 0 aromatic heterocycles. The van der Waals surface area contributed by atoms with Crippen molar-refractivity contribution in [2.45, 2.75) is 25.7 Å². The maximum absolute atomic E-state index is 8.75. The van der Waals surface area contributed by atoms with Gasteiger partial charge in [-0.15, -0.1) is 0 Å². The van der Waals surface area contributed by atoms with Gasteiger partial charge in [-0.1, -0.05) is 12.2 Å². The molecule has 0 aromatic carbocycles. The first-order valence-corrected chi connectivity index (χ1v) is 3.60. The lowest BCUT2D eigenvalue weighted by Gasteiger charge is -2.20. The lowest BCUT2D eigenvalue weighted by Crippen LogP contribution is -2.11. The fourth-order valence-electron chi connectivity index (χ4n) is 1.27. The van der Waals surface area contributed by atoms with E-state index in [1.54, 1.807) is 0 Å². The van der Waals surface area contributed by atoms with Crippen LogP contribution < -0.4 is 0 Å². The zero-order chi connectivity index (χ0) is 6.69. The molecular weight excluding hydrogens is 112 g/mol. The van der Waals surface area contributed by atoms with Crippen LogP contribution in [0.1, 0.15) is 25.7 Å². The summed E-state index contributed by atoms with van der Waals surface area (Å²) in [4.78, 5) is 0. The van der Waals surface area contributed by atoms with E-state index < -0.39 is 0 Å². The number of hydrogen-bond acceptors (Lipinski definition) is 1. The Bertz CT molecular complexity index is 97.1. The van der Waals surface area contributed by atoms with E-state index in [0.29, 0.717) is 12.5 Å². The van der Waals surface area contributed by atoms with Crippen molar-refractivity contribution in [3.63, 3.8) is 0 Å². The van der Waals surface area contributed by atoms with Crippen LogP contribution in [0.3, 0.4) is 0 Å². The summed E-state index contributed by atoms with van der Waals surface area (Å²) in [5, 5.41) is 8.75. The molecular formula is C8H14O. The maximum atomic E-state index is 8.75. The minimum absolute atomic E-state index is 0.368. The Morgan fingerprint density at radius 3 is 2.44 bits per heavy atom. The summed E-state index contributed by atoms with van der Waals surface area (Å²) in [6.07, 6.45) is 4.56. The van der Waals surface area contributed by atoms with Crippen molar-refractivity contribution in [2.75, 3.05) is 6.61 Å². The average molecular weight is 126 g/mol. The van der Waals surface area contributed by atoms with Gasteiger partial charge in [0.15, 0.2) is 0 Å². The minimum Gasteiger partial charge on any atom is -0.396 e. The van der Waals surface area contributed by atoms with E-state index in [-0.39, 0.29) is 0 Å². The zero-order valence-electron chi connectivity index (χ0n) is 5.77. The van der Waals surface area contributed by atoms with Gasteiger partial charge >= 0.3 is 0 Å². The molecule has 0 heterocycles. The van der Waals surface area contributed by atoms with Crippen molar-refractivity contribution in [1.29, 1.82) is 0 Å². The second-order valence-electron chi connectivity index (χ2n) is 2.88. The third kappa shape index (κ3) is 1.83. The Kier molecular flexibility index (Phi) is 2.29. The third-order valence-electron chi connectivity index (χ3n) is 2.07. The summed E-state index contributed by atoms with van der Waals surface area (Å²) in [6, 6.07) is 0. The van der Waals surface area contributed by atoms with E-state index >= 15 is 0 Å². The van der Waals surface area contributed by atoms with Crippen LogP contribution in [0.15, 0.2) is 12.2 Å². The fraction of sp³-hybridized carbons (Fsp3) is 0.750. The Hall–Kier alpha value is -0.300. The number of hydrogen-bond donors (Lipinski definition) is 1. The monoisotopic (exact) mass is 126 g/mol. The SMILES string of the molecule is C=C1CCC(CO)CC1. The Labute approximate surface area is 56.4 Å². The summed E-state index contributed by atoms with van der Waals surface area (Å²) >= 11 is 0. The van der Waals surface area contributed by atoms with Gasteiger partial charge in [0.1, 0.15) is 0 Å². The Balaban J connectivity index is 2.26. The fourth-order valence-corrected chi connectivity index (χ4v) is 1.27. The molecule has 1 rings (SSSR count). The summed E-state index contributed by atoms with van der Waals surface area (Å²) < 4.78 is 0. The van der Waals surface area contributed by atoms with Crippen LogP contribution in [0.2, 0.25) is 0 Å². The number of aliphatic hydroxyl groups excluding tert-OH is 1. The van der Waals surface area contributed by atoms with Gasteiger partial charge in [-0.2, -0.15) is 0 Å². The van der Waals surface area contributed by atoms with Crippen molar-refractivity contribution < 1.29 is 5.11 Å². The number of aliphatic hydroxyl groups is 1. The van der Waals surface area contributed by atoms with Crippen LogP contribution in [0.5, 0.6) is 0 Å². The predicted molar refractivity (Wildman–Crippen MR) is 38.2 cm³/mol. The van der Waals surface area contributed by atoms with Crippen molar-refractivity contribution in [3.05, 3.63) is 12.2 Å². The van der Waals surface area contributed by atoms with Gasteiger partial charge in [-0.3, -0.25) is 0 Å². The summed E-state index contributed by atoms with van der Waals surface area (Å²) in [7, 11) is 0. The van der Waals surface area contributed by atoms with Gasteiger partial charge in [0.2, 0.25) is 0 Å². The number of rotatable bonds is 1. The van der Waals surface area contributed by atoms with Gasteiger partial charge in [-0.05, 0) is 31.6 Å². The smallest absolute Gasteiger partial charge is 0.0459 e. The van der Waals surface area contributed by atoms with Crippen LogP contribution in [-0.4, -0.2) is 11.7 Å². The van der Waals surface area contributed by atoms with E-state index in [0.717, 1.165) is 25.7 Å². The number of allylic oxidation sites excluding steroid dienone is 1. The minimum atomic E-state index is 0.368. The van der Waals surface area contributed by atoms with Crippen molar-refractivity contribution in [2.24, 2.45) is 5.92 Å². The molecule has 0 spiro atoms. The molecule has 0 amide bonds. The molecule has 9 heavy (non-hydrogen) atoms. The first-order valence-electron chi connectivity index (χ1n) is 3.60. The van der Waals surface area contributed by atoms with E-state index in [9.17, 15) is 0 Å². The standard InChI is InChI=1S/C8H14O/c1-7-2-4-8(6-9)5-3-7/h8-9H,1-6H2. The highest BCUT2D eigenvalue weighted by Crippen LogP contribution is 2.25. The molecule has 1 aliphatic carbocycles. The van der Waals surface area contributed by atoms with Gasteiger partial charge in [0, 0.05) is 6.61 Å². The van der Waals surface area contributed by atoms with Crippen LogP contribution in [0, 0.1) is 5.92 Å². The summed E-state index contributed by atoms with van der Waals surface area (Å²) in [5.41, 5.74) is 1.36. The van der Waals surface area contributed by atoms with E-state index in [1.807, 2.05) is 0 Å². The van der Waals surface area contributed by atoms with Crippen LogP contribution in [0.25, 0.3) is 0 Å². The topological polar surface area (TPSA) is 20.2 Å². The van der Waals surface area contributed by atoms with Gasteiger partial charge < -0.3 is 5.11 Å². The second-order valence-corrected chi connectivity index (χ2v) is 2.88. The first-order chi connectivity index (χ1) is 4.33. The van der Waals surface area contributed by atoms with Crippen molar-refractivity contribution >= 4 is 0 Å². The molecule has 0 radical (unpaired) electrons. The molecule has 1 heteroatoms. The second kappa shape index (κ2) is 3.02. The van der Waals surface area contributed by atoms with Gasteiger partial charge in [0.25, 0.3) is 0 Å². The lowest BCUT2D eigenvalue weighted by molar-refractivity contribution is 0.202. The molecule has 1 nitrogen and oxygen atoms in total. The molecule has 0 unspecified atom stereocenters. The first kappa shape index (κ1) is 6.81. The van der Waals surface area contributed by atoms with E-state index in [2.05, 4.69) is 6.58 Å². The molecule has 0 bridgehead atoms. The van der Waals surface area contributed by atoms with Crippen molar-refractivity contribution in [1.82, 2.24) is 0 Å². The maximum Gasteiger partial charge on any atom is 0.0459 e. The molecule has 0 aliphatic heterocycles. The van der Waals surface area contributed by atoms with Crippen LogP contribution >= 0.6 is 0 Å². The zero-order valence-corrected chi connectivity index (χ0v) is 5.77. The van der Waals surface area contributed by atoms with Gasteiger partial charge in [0.05, 0.1) is 0 Å². The molecule has 0 aromatic rings. The van der Waals surface area contributed by atoms with Gasteiger partial charge in [-0.25, -0.2) is 0 Å². The largest absolute Gasteiger partial charge is 0.396 e. The predicted octanol–water partition coefficient (Wildman–Crippen LogP) is 1.73. The van der Waals surface area contributed by atoms with Crippen LogP contribution in [-0.2, 0) is 0 Å². The highest BCUT2D eigenvalue weighted by atomic mass is 16.3. The van der Waals surface area contributed by atoms with E-state index in [1.165, 1.54) is 5.57 Å². The van der Waals surface area contributed by atoms with Crippen molar-refractivity contribution in [3.8, 4) is 0 Å². The Morgan fingerprint density at radius 1 is 1.44 bits per heavy atom. The van der Waals surface area contributed by atoms with Crippen LogP contribution in [0.4, 0.5) is 0 Å². The molecule has 1 N–H and O–H groups in total. The quantitative estimate of drug-likeness (QED) is 0.530. The molecule has 0 saturated heterocycles. The Morgan fingerprint density at radius 2 is 2.00 bits per heavy atom. The third-order valence-corrected chi connectivity index (χ3v) is 2.07. The summed E-state index contributed by atoms with van der Waals surface area (Å²) in [6.45, 7) is 4.27. The lowest BCUT2D eigenvalue weighted by atomic mass is 9.87. The molecule has 1 saturated carbocycles. The average Bonchev–Trinajstić information content (AvgIpc) is 1.90. The molecule has 52 valence electrons. The molecule has 1 aliphatic rings. The highest BCUT2D eigenvalue weighted by molar-refractivity contribution is 4.97. The molecule has 0 atom stereocenters. The molecule has 1 fully saturated rings. The van der Waals surface area contributed by atoms with E-state index in [4.69, 9.17) is 5.11 Å².